The van der Waals surface area contributed by atoms with Crippen molar-refractivity contribution >= 4 is 29.4 Å². The maximum Gasteiger partial charge on any atom is 0.315 e. The number of rotatable bonds is 11. The molecular weight excluding hydrogens is 591 g/mol. The molecule has 0 radical (unpaired) electrons. The van der Waals surface area contributed by atoms with Gasteiger partial charge >= 0.3 is 6.03 Å². The summed E-state index contributed by atoms with van der Waals surface area (Å²) in [4.78, 5) is 56.9. The maximum absolute atomic E-state index is 15.5. The van der Waals surface area contributed by atoms with Crippen molar-refractivity contribution in [2.45, 2.75) is 89.4 Å². The van der Waals surface area contributed by atoms with Crippen LogP contribution in [0.5, 0.6) is 0 Å². The molecule has 0 bridgehead atoms. The van der Waals surface area contributed by atoms with Gasteiger partial charge in [0.1, 0.15) is 23.6 Å². The predicted molar refractivity (Wildman–Crippen MR) is 172 cm³/mol. The number of nitrogens with one attached hydrogen (secondary N) is 4. The number of piperazine rings is 1. The number of likely N-dealkylation sites (N-methyl/N-ethyl adjacent to an activating group) is 1. The number of carbonyl (C=O) groups excluding carboxylic acids is 4. The second-order valence-corrected chi connectivity index (χ2v) is 12.8. The molecule has 1 aromatic heterocycles. The van der Waals surface area contributed by atoms with Gasteiger partial charge in [0.25, 0.3) is 5.91 Å². The van der Waals surface area contributed by atoms with Gasteiger partial charge in [-0.3, -0.25) is 19.1 Å². The van der Waals surface area contributed by atoms with E-state index < -0.39 is 35.7 Å². The Morgan fingerprint density at radius 1 is 0.957 bits per heavy atom. The molecule has 1 aliphatic heterocycles. The third-order valence-corrected chi connectivity index (χ3v) is 9.53. The van der Waals surface area contributed by atoms with E-state index >= 15 is 4.39 Å². The molecule has 250 valence electrons. The Balaban J connectivity index is 1.28. The summed E-state index contributed by atoms with van der Waals surface area (Å²) in [5.74, 6) is -1.81. The predicted octanol–water partition coefficient (Wildman–Crippen LogP) is 2.90. The number of urea groups is 1. The zero-order valence-electron chi connectivity index (χ0n) is 26.9. The number of aromatic nitrogens is 2. The highest BCUT2D eigenvalue weighted by Crippen LogP contribution is 2.28. The SMILES string of the molecule is CCn1nccc1C(=O)N[C@H](C(=O)Nc1ccc(C[C@@H](NC(=O)NC2CCC2)C(=O)N2CCN(C)CC2)cc1F)C1CCCCC1. The first kappa shape index (κ1) is 33.4. The smallest absolute Gasteiger partial charge is 0.315 e. The fraction of sp³-hybridized carbons (Fsp3) is 0.606. The molecular formula is C33H47FN8O4. The van der Waals surface area contributed by atoms with Crippen LogP contribution >= 0.6 is 0 Å². The van der Waals surface area contributed by atoms with Crippen molar-refractivity contribution in [2.75, 3.05) is 38.5 Å². The molecule has 0 unspecified atom stereocenters. The summed E-state index contributed by atoms with van der Waals surface area (Å²) in [6.07, 6.45) is 9.11. The van der Waals surface area contributed by atoms with Crippen LogP contribution in [0, 0.1) is 11.7 Å². The number of benzene rings is 1. The number of aryl methyl sites for hydroxylation is 1. The number of anilines is 1. The molecule has 3 aliphatic rings. The number of nitrogens with zero attached hydrogens (tertiary/aromatic N) is 4. The van der Waals surface area contributed by atoms with E-state index in [2.05, 4.69) is 31.3 Å². The van der Waals surface area contributed by atoms with E-state index in [9.17, 15) is 19.2 Å². The summed E-state index contributed by atoms with van der Waals surface area (Å²) >= 11 is 0. The maximum atomic E-state index is 15.5. The van der Waals surface area contributed by atoms with Crippen molar-refractivity contribution in [1.82, 2.24) is 35.5 Å². The van der Waals surface area contributed by atoms with Crippen LogP contribution in [0.15, 0.2) is 30.5 Å². The second-order valence-electron chi connectivity index (χ2n) is 12.8. The van der Waals surface area contributed by atoms with Gasteiger partial charge in [0.05, 0.1) is 5.69 Å². The molecule has 2 atom stereocenters. The standard InChI is InChI=1S/C33H47FN8O4/c1-3-42-28(14-15-35-42)30(43)39-29(23-8-5-4-6-9-23)31(44)37-26-13-12-22(20-25(26)34)21-27(38-33(46)36-24-10-7-11-24)32(45)41-18-16-40(2)17-19-41/h12-15,20,23-24,27,29H,3-11,16-19,21H2,1-2H3,(H,37,44)(H,39,43)(H2,36,38,46)/t27-,29+/m1/s1. The van der Waals surface area contributed by atoms with E-state index in [1.54, 1.807) is 27.9 Å². The van der Waals surface area contributed by atoms with Gasteiger partial charge in [-0.05, 0) is 75.8 Å². The van der Waals surface area contributed by atoms with Gasteiger partial charge in [-0.2, -0.15) is 5.10 Å². The third kappa shape index (κ3) is 8.42. The molecule has 46 heavy (non-hydrogen) atoms. The van der Waals surface area contributed by atoms with Gasteiger partial charge in [-0.15, -0.1) is 0 Å². The van der Waals surface area contributed by atoms with Gasteiger partial charge in [0.15, 0.2) is 0 Å². The van der Waals surface area contributed by atoms with Crippen molar-refractivity contribution in [3.05, 3.63) is 47.5 Å². The van der Waals surface area contributed by atoms with Crippen LogP contribution in [-0.2, 0) is 22.6 Å². The lowest BCUT2D eigenvalue weighted by atomic mass is 9.83. The fourth-order valence-corrected chi connectivity index (χ4v) is 6.48. The van der Waals surface area contributed by atoms with Gasteiger partial charge in [0.2, 0.25) is 11.8 Å². The minimum absolute atomic E-state index is 0.0139. The van der Waals surface area contributed by atoms with Crippen molar-refractivity contribution in [1.29, 1.82) is 0 Å². The lowest BCUT2D eigenvalue weighted by molar-refractivity contribution is -0.134. The van der Waals surface area contributed by atoms with Crippen LogP contribution in [0.3, 0.4) is 0 Å². The van der Waals surface area contributed by atoms with Gasteiger partial charge < -0.3 is 31.1 Å². The minimum atomic E-state index is -0.870. The summed E-state index contributed by atoms with van der Waals surface area (Å²) in [7, 11) is 2.00. The van der Waals surface area contributed by atoms with Crippen molar-refractivity contribution in [3.63, 3.8) is 0 Å². The molecule has 2 saturated carbocycles. The molecule has 1 aromatic carbocycles. The van der Waals surface area contributed by atoms with E-state index in [-0.39, 0.29) is 30.0 Å². The van der Waals surface area contributed by atoms with Gasteiger partial charge in [0, 0.05) is 51.4 Å². The molecule has 5 rings (SSSR count). The Hall–Kier alpha value is -4.00. The van der Waals surface area contributed by atoms with E-state index in [1.807, 2.05) is 14.0 Å². The molecule has 2 heterocycles. The lowest BCUT2D eigenvalue weighted by Crippen LogP contribution is -2.57. The lowest BCUT2D eigenvalue weighted by Gasteiger charge is -2.35. The molecule has 13 heteroatoms. The molecule has 2 aliphatic carbocycles. The summed E-state index contributed by atoms with van der Waals surface area (Å²) in [6, 6.07) is 4.03. The van der Waals surface area contributed by atoms with Crippen LogP contribution < -0.4 is 21.3 Å². The highest BCUT2D eigenvalue weighted by molar-refractivity contribution is 6.00. The first-order valence-electron chi connectivity index (χ1n) is 16.7. The number of hydrogen-bond acceptors (Lipinski definition) is 6. The Morgan fingerprint density at radius 2 is 1.70 bits per heavy atom. The Bertz CT molecular complexity index is 1380. The third-order valence-electron chi connectivity index (χ3n) is 9.53. The number of hydrogen-bond donors (Lipinski definition) is 4. The number of amides is 5. The molecule has 0 spiro atoms. The first-order chi connectivity index (χ1) is 22.2. The summed E-state index contributed by atoms with van der Waals surface area (Å²) < 4.78 is 17.1. The Kier molecular flexibility index (Phi) is 11.3. The quantitative estimate of drug-likeness (QED) is 0.299. The second kappa shape index (κ2) is 15.5. The van der Waals surface area contributed by atoms with Crippen LogP contribution in [-0.4, -0.2) is 94.7 Å². The molecule has 1 saturated heterocycles. The fourth-order valence-electron chi connectivity index (χ4n) is 6.48. The molecule has 4 N–H and O–H groups in total. The van der Waals surface area contributed by atoms with Crippen LogP contribution in [0.2, 0.25) is 0 Å². The largest absolute Gasteiger partial charge is 0.339 e. The zero-order valence-corrected chi connectivity index (χ0v) is 26.9. The Morgan fingerprint density at radius 3 is 2.35 bits per heavy atom. The van der Waals surface area contributed by atoms with Gasteiger partial charge in [-0.1, -0.05) is 25.3 Å². The van der Waals surface area contributed by atoms with E-state index in [4.69, 9.17) is 0 Å². The highest BCUT2D eigenvalue weighted by atomic mass is 19.1. The van der Waals surface area contributed by atoms with E-state index in [1.165, 1.54) is 12.1 Å². The number of carbonyl (C=O) groups is 4. The first-order valence-corrected chi connectivity index (χ1v) is 16.7. The summed E-state index contributed by atoms with van der Waals surface area (Å²) in [6.45, 7) is 4.97. The number of halogens is 1. The molecule has 5 amide bonds. The Labute approximate surface area is 269 Å². The van der Waals surface area contributed by atoms with Crippen LogP contribution in [0.4, 0.5) is 14.9 Å². The van der Waals surface area contributed by atoms with Gasteiger partial charge in [-0.25, -0.2) is 9.18 Å². The van der Waals surface area contributed by atoms with E-state index in [0.717, 1.165) is 64.5 Å². The molecule has 12 nitrogen and oxygen atoms in total. The minimum Gasteiger partial charge on any atom is -0.339 e. The van der Waals surface area contributed by atoms with Crippen molar-refractivity contribution in [2.24, 2.45) is 5.92 Å². The zero-order chi connectivity index (χ0) is 32.6. The van der Waals surface area contributed by atoms with Crippen molar-refractivity contribution < 1.29 is 23.6 Å². The van der Waals surface area contributed by atoms with Crippen LogP contribution in [0.25, 0.3) is 0 Å². The monoisotopic (exact) mass is 638 g/mol. The molecule has 2 aromatic rings. The summed E-state index contributed by atoms with van der Waals surface area (Å²) in [5, 5.41) is 15.5. The average Bonchev–Trinajstić information content (AvgIpc) is 3.52. The van der Waals surface area contributed by atoms with E-state index in [0.29, 0.717) is 30.9 Å². The van der Waals surface area contributed by atoms with Crippen molar-refractivity contribution in [3.8, 4) is 0 Å². The highest BCUT2D eigenvalue weighted by Gasteiger charge is 2.33. The normalized spacial score (nSPS) is 19.1. The topological polar surface area (TPSA) is 141 Å². The molecule has 3 fully saturated rings. The van der Waals surface area contributed by atoms with Crippen LogP contribution in [0.1, 0.15) is 74.3 Å². The average molecular weight is 639 g/mol. The summed E-state index contributed by atoms with van der Waals surface area (Å²) in [5.41, 5.74) is 0.860.